The number of anilines is 3. The highest BCUT2D eigenvalue weighted by atomic mass is 16.6. The van der Waals surface area contributed by atoms with Crippen molar-refractivity contribution in [3.05, 3.63) is 52.6 Å². The molecule has 156 valence electrons. The number of rotatable bonds is 4. The second kappa shape index (κ2) is 8.02. The van der Waals surface area contributed by atoms with Crippen LogP contribution in [0.15, 0.2) is 42.5 Å². The first-order valence-electron chi connectivity index (χ1n) is 9.83. The third-order valence-corrected chi connectivity index (χ3v) is 5.46. The molecule has 1 atom stereocenters. The van der Waals surface area contributed by atoms with Gasteiger partial charge in [-0.25, -0.2) is 0 Å². The first-order chi connectivity index (χ1) is 14.4. The minimum Gasteiger partial charge on any atom is -0.479 e. The lowest BCUT2D eigenvalue weighted by Gasteiger charge is -2.32. The molecule has 2 amide bonds. The lowest BCUT2D eigenvalue weighted by Crippen LogP contribution is -2.38. The fourth-order valence-electron chi connectivity index (χ4n) is 3.80. The van der Waals surface area contributed by atoms with E-state index in [0.717, 1.165) is 0 Å². The summed E-state index contributed by atoms with van der Waals surface area (Å²) in [5.74, 6) is 0.0470. The number of nitro benzene ring substituents is 1. The number of piperidine rings is 1. The molecular formula is C21H22N4O5. The van der Waals surface area contributed by atoms with Crippen LogP contribution in [0.1, 0.15) is 19.8 Å². The number of carbonyl (C=O) groups is 2. The van der Waals surface area contributed by atoms with E-state index in [1.165, 1.54) is 6.07 Å². The maximum absolute atomic E-state index is 12.7. The molecule has 2 heterocycles. The molecule has 0 spiro atoms. The number of nitrogens with one attached hydrogen (secondary N) is 2. The van der Waals surface area contributed by atoms with Gasteiger partial charge in [0.15, 0.2) is 6.10 Å². The number of hydrogen-bond donors (Lipinski definition) is 2. The normalized spacial score (nSPS) is 18.8. The summed E-state index contributed by atoms with van der Waals surface area (Å²) in [6.07, 6.45) is 0.643. The number of benzene rings is 2. The highest BCUT2D eigenvalue weighted by molar-refractivity contribution is 5.99. The molecule has 0 aliphatic carbocycles. The summed E-state index contributed by atoms with van der Waals surface area (Å²) >= 11 is 0. The highest BCUT2D eigenvalue weighted by Crippen LogP contribution is 2.34. The molecular weight excluding hydrogens is 388 g/mol. The number of ether oxygens (including phenoxy) is 1. The Morgan fingerprint density at radius 2 is 1.97 bits per heavy atom. The van der Waals surface area contributed by atoms with Crippen LogP contribution in [0.5, 0.6) is 5.75 Å². The van der Waals surface area contributed by atoms with Crippen LogP contribution < -0.4 is 20.3 Å². The highest BCUT2D eigenvalue weighted by Gasteiger charge is 2.29. The zero-order valence-electron chi connectivity index (χ0n) is 16.5. The molecule has 9 nitrogen and oxygen atoms in total. The van der Waals surface area contributed by atoms with E-state index in [0.29, 0.717) is 48.7 Å². The number of nitro groups is 1. The molecule has 2 aromatic carbocycles. The van der Waals surface area contributed by atoms with E-state index in [4.69, 9.17) is 4.74 Å². The molecule has 2 N–H and O–H groups in total. The van der Waals surface area contributed by atoms with Gasteiger partial charge in [-0.05, 0) is 44.0 Å². The molecule has 2 aliphatic heterocycles. The quantitative estimate of drug-likeness (QED) is 0.591. The predicted octanol–water partition coefficient (Wildman–Crippen LogP) is 3.17. The lowest BCUT2D eigenvalue weighted by molar-refractivity contribution is -0.384. The van der Waals surface area contributed by atoms with E-state index in [1.807, 2.05) is 4.90 Å². The zero-order chi connectivity index (χ0) is 21.3. The van der Waals surface area contributed by atoms with Crippen molar-refractivity contribution in [2.45, 2.75) is 25.9 Å². The van der Waals surface area contributed by atoms with Gasteiger partial charge in [-0.3, -0.25) is 19.7 Å². The van der Waals surface area contributed by atoms with Crippen molar-refractivity contribution in [1.29, 1.82) is 0 Å². The van der Waals surface area contributed by atoms with Crippen molar-refractivity contribution >= 4 is 34.6 Å². The molecule has 0 unspecified atom stereocenters. The Kier molecular flexibility index (Phi) is 5.26. The molecule has 2 aromatic rings. The number of amides is 2. The van der Waals surface area contributed by atoms with Crippen LogP contribution in [-0.2, 0) is 9.59 Å². The van der Waals surface area contributed by atoms with Gasteiger partial charge in [0.05, 0.1) is 10.6 Å². The van der Waals surface area contributed by atoms with Crippen molar-refractivity contribution in [3.8, 4) is 5.75 Å². The Bertz CT molecular complexity index is 1000. The molecule has 30 heavy (non-hydrogen) atoms. The number of para-hydroxylation sites is 2. The topological polar surface area (TPSA) is 114 Å². The van der Waals surface area contributed by atoms with Gasteiger partial charge in [0.1, 0.15) is 11.4 Å². The van der Waals surface area contributed by atoms with Gasteiger partial charge < -0.3 is 20.3 Å². The maximum Gasteiger partial charge on any atom is 0.292 e. The molecule has 9 heteroatoms. The molecule has 1 fully saturated rings. The molecule has 4 rings (SSSR count). The Labute approximate surface area is 173 Å². The van der Waals surface area contributed by atoms with Crippen molar-refractivity contribution in [2.24, 2.45) is 5.92 Å². The Morgan fingerprint density at radius 3 is 2.70 bits per heavy atom. The van der Waals surface area contributed by atoms with Gasteiger partial charge in [0.2, 0.25) is 5.91 Å². The predicted molar refractivity (Wildman–Crippen MR) is 112 cm³/mol. The number of fused-ring (bicyclic) bond motifs is 1. The van der Waals surface area contributed by atoms with Gasteiger partial charge in [-0.1, -0.05) is 12.1 Å². The van der Waals surface area contributed by atoms with Crippen molar-refractivity contribution in [2.75, 3.05) is 28.6 Å². The van der Waals surface area contributed by atoms with Crippen LogP contribution in [0.3, 0.4) is 0 Å². The number of nitrogens with zero attached hydrogens (tertiary/aromatic N) is 2. The summed E-state index contributed by atoms with van der Waals surface area (Å²) in [6, 6.07) is 11.8. The van der Waals surface area contributed by atoms with Gasteiger partial charge in [-0.2, -0.15) is 0 Å². The number of hydrogen-bond acceptors (Lipinski definition) is 6. The summed E-state index contributed by atoms with van der Waals surface area (Å²) in [6.45, 7) is 2.80. The smallest absolute Gasteiger partial charge is 0.292 e. The van der Waals surface area contributed by atoms with Crippen molar-refractivity contribution in [3.63, 3.8) is 0 Å². The lowest BCUT2D eigenvalue weighted by atomic mass is 9.95. The average molecular weight is 410 g/mol. The van der Waals surface area contributed by atoms with E-state index >= 15 is 0 Å². The average Bonchev–Trinajstić information content (AvgIpc) is 2.75. The largest absolute Gasteiger partial charge is 0.479 e. The Balaban J connectivity index is 1.38. The maximum atomic E-state index is 12.7. The Hall–Kier alpha value is -3.62. The summed E-state index contributed by atoms with van der Waals surface area (Å²) in [5.41, 5.74) is 1.77. The van der Waals surface area contributed by atoms with Crippen LogP contribution in [-0.4, -0.2) is 35.9 Å². The third kappa shape index (κ3) is 3.91. The van der Waals surface area contributed by atoms with Crippen LogP contribution in [0.4, 0.5) is 22.7 Å². The minimum absolute atomic E-state index is 0.0769. The van der Waals surface area contributed by atoms with Crippen LogP contribution in [0, 0.1) is 16.0 Å². The standard InChI is InChI=1S/C21H22N4O5/c1-13-20(26)23-16-12-15(6-7-19(16)30-13)22-21(27)14-8-10-24(11-9-14)17-4-2-3-5-18(17)25(28)29/h2-7,12-14H,8-11H2,1H3,(H,22,27)(H,23,26)/t13-/m1/s1. The van der Waals surface area contributed by atoms with Crippen LogP contribution in [0.25, 0.3) is 0 Å². The van der Waals surface area contributed by atoms with E-state index < -0.39 is 6.10 Å². The third-order valence-electron chi connectivity index (χ3n) is 5.46. The van der Waals surface area contributed by atoms with Crippen LogP contribution in [0.2, 0.25) is 0 Å². The van der Waals surface area contributed by atoms with E-state index in [9.17, 15) is 19.7 Å². The van der Waals surface area contributed by atoms with Gasteiger partial charge in [0.25, 0.3) is 11.6 Å². The summed E-state index contributed by atoms with van der Waals surface area (Å²) in [5, 5.41) is 16.9. The van der Waals surface area contributed by atoms with Gasteiger partial charge in [0, 0.05) is 30.8 Å². The fraction of sp³-hybridized carbons (Fsp3) is 0.333. The second-order valence-corrected chi connectivity index (χ2v) is 7.46. The van der Waals surface area contributed by atoms with Crippen molar-refractivity contribution in [1.82, 2.24) is 0 Å². The second-order valence-electron chi connectivity index (χ2n) is 7.46. The summed E-state index contributed by atoms with van der Waals surface area (Å²) in [7, 11) is 0. The molecule has 0 aromatic heterocycles. The van der Waals surface area contributed by atoms with Gasteiger partial charge >= 0.3 is 0 Å². The summed E-state index contributed by atoms with van der Waals surface area (Å²) < 4.78 is 5.52. The zero-order valence-corrected chi connectivity index (χ0v) is 16.5. The monoisotopic (exact) mass is 410 g/mol. The van der Waals surface area contributed by atoms with Crippen LogP contribution >= 0.6 is 0 Å². The van der Waals surface area contributed by atoms with Crippen molar-refractivity contribution < 1.29 is 19.2 Å². The molecule has 2 aliphatic rings. The SMILES string of the molecule is C[C@H]1Oc2ccc(NC(=O)C3CCN(c4ccccc4[N+](=O)[O-])CC3)cc2NC1=O. The Morgan fingerprint density at radius 1 is 1.23 bits per heavy atom. The first kappa shape index (κ1) is 19.7. The van der Waals surface area contributed by atoms with E-state index in [-0.39, 0.29) is 28.3 Å². The molecule has 0 saturated carbocycles. The van der Waals surface area contributed by atoms with Gasteiger partial charge in [-0.15, -0.1) is 0 Å². The molecule has 0 bridgehead atoms. The molecule has 0 radical (unpaired) electrons. The minimum atomic E-state index is -0.552. The van der Waals surface area contributed by atoms with E-state index in [1.54, 1.807) is 43.3 Å². The summed E-state index contributed by atoms with van der Waals surface area (Å²) in [4.78, 5) is 37.3. The fourth-order valence-corrected chi connectivity index (χ4v) is 3.80. The van der Waals surface area contributed by atoms with E-state index in [2.05, 4.69) is 10.6 Å². The first-order valence-corrected chi connectivity index (χ1v) is 9.83. The number of carbonyl (C=O) groups excluding carboxylic acids is 2. The molecule has 1 saturated heterocycles.